The molecule has 1 amide bonds. The molecule has 0 aromatic heterocycles. The zero-order valence-electron chi connectivity index (χ0n) is 10.2. The van der Waals surface area contributed by atoms with Crippen molar-refractivity contribution in [2.45, 2.75) is 18.1 Å². The quantitative estimate of drug-likeness (QED) is 0.801. The van der Waals surface area contributed by atoms with Crippen molar-refractivity contribution in [3.63, 3.8) is 0 Å². The number of nitrogens with one attached hydrogen (secondary N) is 1. The van der Waals surface area contributed by atoms with Crippen LogP contribution >= 0.6 is 0 Å². The second-order valence-electron chi connectivity index (χ2n) is 4.58. The molecule has 1 saturated heterocycles. The van der Waals surface area contributed by atoms with Crippen molar-refractivity contribution in [2.75, 3.05) is 18.0 Å². The minimum atomic E-state index is -3.09. The normalized spacial score (nSPS) is 21.2. The number of carbonyl (C=O) groups is 1. The SMILES string of the molecule is Nc1ccc(C(=O)NCC2CCCS2(=O)=O)cc1F. The minimum Gasteiger partial charge on any atom is -0.396 e. The smallest absolute Gasteiger partial charge is 0.251 e. The van der Waals surface area contributed by atoms with Crippen LogP contribution in [0, 0.1) is 5.82 Å². The van der Waals surface area contributed by atoms with Crippen LogP contribution in [0.4, 0.5) is 10.1 Å². The molecule has 1 fully saturated rings. The standard InChI is InChI=1S/C12H15FN2O3S/c13-10-6-8(3-4-11(10)14)12(16)15-7-9-2-1-5-19(9,17)18/h3-4,6,9H,1-2,5,7,14H2,(H,15,16). The summed E-state index contributed by atoms with van der Waals surface area (Å²) in [6.45, 7) is 0.0627. The molecule has 0 bridgehead atoms. The van der Waals surface area contributed by atoms with Gasteiger partial charge in [0.15, 0.2) is 9.84 Å². The highest BCUT2D eigenvalue weighted by molar-refractivity contribution is 7.92. The number of anilines is 1. The van der Waals surface area contributed by atoms with E-state index in [9.17, 15) is 17.6 Å². The van der Waals surface area contributed by atoms with Gasteiger partial charge in [-0.05, 0) is 31.0 Å². The fourth-order valence-electron chi connectivity index (χ4n) is 2.06. The highest BCUT2D eigenvalue weighted by Gasteiger charge is 2.31. The second kappa shape index (κ2) is 5.16. The maximum absolute atomic E-state index is 13.2. The third-order valence-corrected chi connectivity index (χ3v) is 5.49. The summed E-state index contributed by atoms with van der Waals surface area (Å²) in [5.74, 6) is -0.994. The highest BCUT2D eigenvalue weighted by Crippen LogP contribution is 2.19. The third kappa shape index (κ3) is 3.04. The van der Waals surface area contributed by atoms with Crippen molar-refractivity contribution in [1.82, 2.24) is 5.32 Å². The largest absolute Gasteiger partial charge is 0.396 e. The summed E-state index contributed by atoms with van der Waals surface area (Å²) < 4.78 is 36.4. The molecule has 1 aromatic rings. The molecule has 2 rings (SSSR count). The van der Waals surface area contributed by atoms with Gasteiger partial charge in [-0.3, -0.25) is 4.79 Å². The zero-order chi connectivity index (χ0) is 14.0. The number of amides is 1. The van der Waals surface area contributed by atoms with Crippen LogP contribution in [0.3, 0.4) is 0 Å². The molecule has 1 unspecified atom stereocenters. The average molecular weight is 286 g/mol. The Morgan fingerprint density at radius 1 is 1.47 bits per heavy atom. The maximum atomic E-state index is 13.2. The number of hydrogen-bond acceptors (Lipinski definition) is 4. The van der Waals surface area contributed by atoms with Crippen LogP contribution in [0.15, 0.2) is 18.2 Å². The van der Waals surface area contributed by atoms with E-state index in [1.54, 1.807) is 0 Å². The van der Waals surface area contributed by atoms with Gasteiger partial charge in [-0.2, -0.15) is 0 Å². The van der Waals surface area contributed by atoms with Gasteiger partial charge in [0.05, 0.1) is 16.7 Å². The first-order valence-corrected chi connectivity index (χ1v) is 7.66. The van der Waals surface area contributed by atoms with E-state index in [1.165, 1.54) is 12.1 Å². The Morgan fingerprint density at radius 2 is 2.21 bits per heavy atom. The molecule has 1 aliphatic rings. The van der Waals surface area contributed by atoms with Crippen LogP contribution in [0.25, 0.3) is 0 Å². The predicted molar refractivity (Wildman–Crippen MR) is 70.0 cm³/mol. The molecular formula is C12H15FN2O3S. The van der Waals surface area contributed by atoms with Gasteiger partial charge in [0.1, 0.15) is 5.82 Å². The molecule has 5 nitrogen and oxygen atoms in total. The van der Waals surface area contributed by atoms with Crippen LogP contribution in [0.5, 0.6) is 0 Å². The van der Waals surface area contributed by atoms with Crippen LogP contribution in [-0.2, 0) is 9.84 Å². The highest BCUT2D eigenvalue weighted by atomic mass is 32.2. The predicted octanol–water partition coefficient (Wildman–Crippen LogP) is 0.715. The number of rotatable bonds is 3. The number of hydrogen-bond donors (Lipinski definition) is 2. The Morgan fingerprint density at radius 3 is 2.79 bits per heavy atom. The van der Waals surface area contributed by atoms with E-state index in [4.69, 9.17) is 5.73 Å². The van der Waals surface area contributed by atoms with Gasteiger partial charge < -0.3 is 11.1 Å². The lowest BCUT2D eigenvalue weighted by Gasteiger charge is -2.11. The lowest BCUT2D eigenvalue weighted by molar-refractivity contribution is 0.0953. The minimum absolute atomic E-state index is 0.0325. The van der Waals surface area contributed by atoms with Crippen molar-refractivity contribution in [1.29, 1.82) is 0 Å². The number of benzene rings is 1. The maximum Gasteiger partial charge on any atom is 0.251 e. The van der Waals surface area contributed by atoms with Gasteiger partial charge in [0, 0.05) is 12.1 Å². The van der Waals surface area contributed by atoms with Gasteiger partial charge in [-0.15, -0.1) is 0 Å². The molecule has 7 heteroatoms. The van der Waals surface area contributed by atoms with E-state index in [-0.39, 0.29) is 23.5 Å². The Kier molecular flexibility index (Phi) is 3.75. The molecular weight excluding hydrogens is 271 g/mol. The fraction of sp³-hybridized carbons (Fsp3) is 0.417. The molecule has 1 atom stereocenters. The fourth-order valence-corrected chi connectivity index (χ4v) is 3.83. The van der Waals surface area contributed by atoms with Gasteiger partial charge in [0.2, 0.25) is 0 Å². The third-order valence-electron chi connectivity index (χ3n) is 3.22. The average Bonchev–Trinajstić information content (AvgIpc) is 2.69. The number of halogens is 1. The van der Waals surface area contributed by atoms with E-state index < -0.39 is 26.8 Å². The van der Waals surface area contributed by atoms with Crippen molar-refractivity contribution in [3.8, 4) is 0 Å². The zero-order valence-corrected chi connectivity index (χ0v) is 11.0. The van der Waals surface area contributed by atoms with Gasteiger partial charge in [0.25, 0.3) is 5.91 Å². The lowest BCUT2D eigenvalue weighted by Crippen LogP contribution is -2.34. The van der Waals surface area contributed by atoms with Crippen molar-refractivity contribution in [2.24, 2.45) is 0 Å². The van der Waals surface area contributed by atoms with Gasteiger partial charge in [-0.1, -0.05) is 0 Å². The molecule has 1 aromatic carbocycles. The first kappa shape index (κ1) is 13.8. The van der Waals surface area contributed by atoms with Gasteiger partial charge >= 0.3 is 0 Å². The van der Waals surface area contributed by atoms with Crippen molar-refractivity contribution < 1.29 is 17.6 Å². The van der Waals surface area contributed by atoms with E-state index in [0.29, 0.717) is 12.8 Å². The van der Waals surface area contributed by atoms with Crippen LogP contribution in [0.1, 0.15) is 23.2 Å². The Bertz CT molecular complexity index is 601. The molecule has 0 saturated carbocycles. The monoisotopic (exact) mass is 286 g/mol. The van der Waals surface area contributed by atoms with Crippen LogP contribution in [-0.4, -0.2) is 31.9 Å². The van der Waals surface area contributed by atoms with Crippen molar-refractivity contribution >= 4 is 21.4 Å². The number of nitrogens with two attached hydrogens (primary N) is 1. The molecule has 104 valence electrons. The lowest BCUT2D eigenvalue weighted by atomic mass is 10.2. The van der Waals surface area contributed by atoms with Crippen LogP contribution < -0.4 is 11.1 Å². The van der Waals surface area contributed by atoms with E-state index >= 15 is 0 Å². The van der Waals surface area contributed by atoms with E-state index in [2.05, 4.69) is 5.32 Å². The first-order chi connectivity index (χ1) is 8.90. The summed E-state index contributed by atoms with van der Waals surface area (Å²) in [6, 6.07) is 3.74. The van der Waals surface area contributed by atoms with E-state index in [0.717, 1.165) is 6.07 Å². The Labute approximate surface area is 110 Å². The first-order valence-electron chi connectivity index (χ1n) is 5.95. The molecule has 1 heterocycles. The summed E-state index contributed by atoms with van der Waals surface area (Å²) in [6.07, 6.45) is 1.18. The van der Waals surface area contributed by atoms with Gasteiger partial charge in [-0.25, -0.2) is 12.8 Å². The molecule has 0 radical (unpaired) electrons. The van der Waals surface area contributed by atoms with Crippen molar-refractivity contribution in [3.05, 3.63) is 29.6 Å². The second-order valence-corrected chi connectivity index (χ2v) is 6.98. The van der Waals surface area contributed by atoms with Crippen LogP contribution in [0.2, 0.25) is 0 Å². The molecule has 1 aliphatic heterocycles. The Balaban J connectivity index is 2.00. The summed E-state index contributed by atoms with van der Waals surface area (Å²) >= 11 is 0. The summed E-state index contributed by atoms with van der Waals surface area (Å²) in [4.78, 5) is 11.8. The molecule has 0 aliphatic carbocycles. The summed E-state index contributed by atoms with van der Waals surface area (Å²) in [5.41, 5.74) is 5.41. The number of sulfone groups is 1. The Hall–Kier alpha value is -1.63. The topological polar surface area (TPSA) is 89.3 Å². The summed E-state index contributed by atoms with van der Waals surface area (Å²) in [7, 11) is -3.09. The van der Waals surface area contributed by atoms with E-state index in [1.807, 2.05) is 0 Å². The number of carbonyl (C=O) groups excluding carboxylic acids is 1. The molecule has 0 spiro atoms. The number of nitrogen functional groups attached to an aromatic ring is 1. The molecule has 19 heavy (non-hydrogen) atoms. The summed E-state index contributed by atoms with van der Waals surface area (Å²) in [5, 5.41) is 1.99. The molecule has 3 N–H and O–H groups in total.